The van der Waals surface area contributed by atoms with Crippen LogP contribution in [0.2, 0.25) is 5.02 Å². The van der Waals surface area contributed by atoms with Crippen molar-refractivity contribution in [1.29, 1.82) is 0 Å². The van der Waals surface area contributed by atoms with Crippen molar-refractivity contribution in [2.45, 2.75) is 26.0 Å². The molecule has 2 saturated heterocycles. The number of halogens is 1. The van der Waals surface area contributed by atoms with Crippen LogP contribution in [-0.2, 0) is 14.4 Å². The number of nitrogens with one attached hydrogen (secondary N) is 1. The first-order valence-electron chi connectivity index (χ1n) is 11.2. The molecule has 2 aliphatic rings. The average Bonchev–Trinajstić information content (AvgIpc) is 3.46. The number of H-pyrrole nitrogens is 1. The topological polar surface area (TPSA) is 65.6 Å². The van der Waals surface area contributed by atoms with Gasteiger partial charge >= 0.3 is 0 Å². The molecule has 0 radical (unpaired) electrons. The Hall–Kier alpha value is -3.61. The van der Waals surface area contributed by atoms with Crippen LogP contribution in [0.5, 0.6) is 0 Å². The number of hydrogen-bond donors (Lipinski definition) is 1. The Morgan fingerprint density at radius 1 is 0.882 bits per heavy atom. The summed E-state index contributed by atoms with van der Waals surface area (Å²) in [5, 5.41) is 3.24. The van der Waals surface area contributed by atoms with E-state index in [1.165, 1.54) is 4.90 Å². The number of rotatable bonds is 3. The summed E-state index contributed by atoms with van der Waals surface area (Å²) in [4.78, 5) is 38.5. The van der Waals surface area contributed by atoms with Gasteiger partial charge in [0.05, 0.1) is 17.4 Å². The number of benzene rings is 3. The lowest BCUT2D eigenvalue weighted by molar-refractivity contribution is -0.126. The minimum absolute atomic E-state index is 0.284. The van der Waals surface area contributed by atoms with Crippen LogP contribution in [0.25, 0.3) is 10.9 Å². The number of para-hydroxylation sites is 2. The second-order valence-electron chi connectivity index (χ2n) is 8.76. The number of aromatic amines is 1. The van der Waals surface area contributed by atoms with E-state index in [-0.39, 0.29) is 11.8 Å². The van der Waals surface area contributed by atoms with Gasteiger partial charge in [0.15, 0.2) is 6.10 Å². The third-order valence-electron chi connectivity index (χ3n) is 6.85. The second-order valence-corrected chi connectivity index (χ2v) is 9.17. The SMILES string of the molecule is Cc1[nH]c2ccccc2c1[C@H]1[C@H]2C(=O)N(c3cccc(Cl)c3C)C(=O)[C@@H]2ON1c1ccccc1. The maximum atomic E-state index is 13.9. The van der Waals surface area contributed by atoms with Crippen LogP contribution in [-0.4, -0.2) is 22.9 Å². The minimum Gasteiger partial charge on any atom is -0.358 e. The molecule has 7 heteroatoms. The van der Waals surface area contributed by atoms with Gasteiger partial charge in [0.1, 0.15) is 5.92 Å². The van der Waals surface area contributed by atoms with Gasteiger partial charge in [0, 0.05) is 27.2 Å². The van der Waals surface area contributed by atoms with E-state index in [0.29, 0.717) is 16.3 Å². The number of amides is 2. The highest BCUT2D eigenvalue weighted by atomic mass is 35.5. The normalized spacial score (nSPS) is 22.1. The summed E-state index contributed by atoms with van der Waals surface area (Å²) in [6.45, 7) is 3.80. The summed E-state index contributed by atoms with van der Waals surface area (Å²) >= 11 is 6.31. The lowest BCUT2D eigenvalue weighted by Gasteiger charge is -2.29. The number of aromatic nitrogens is 1. The van der Waals surface area contributed by atoms with Crippen molar-refractivity contribution >= 4 is 45.7 Å². The number of nitrogens with zero attached hydrogens (tertiary/aromatic N) is 2. The fraction of sp³-hybridized carbons (Fsp3) is 0.185. The fourth-order valence-corrected chi connectivity index (χ4v) is 5.43. The Kier molecular flexibility index (Phi) is 4.76. The van der Waals surface area contributed by atoms with Gasteiger partial charge in [-0.05, 0) is 49.7 Å². The molecule has 2 aliphatic heterocycles. The molecular weight excluding hydrogens is 450 g/mol. The molecule has 1 N–H and O–H groups in total. The molecule has 2 fully saturated rings. The third-order valence-corrected chi connectivity index (χ3v) is 7.25. The first-order valence-corrected chi connectivity index (χ1v) is 11.6. The predicted molar refractivity (Wildman–Crippen MR) is 132 cm³/mol. The van der Waals surface area contributed by atoms with Gasteiger partial charge in [0.2, 0.25) is 5.91 Å². The molecule has 6 nitrogen and oxygen atoms in total. The Labute approximate surface area is 201 Å². The summed E-state index contributed by atoms with van der Waals surface area (Å²) in [5.41, 5.74) is 4.85. The summed E-state index contributed by atoms with van der Waals surface area (Å²) in [6.07, 6.45) is -0.927. The lowest BCUT2D eigenvalue weighted by atomic mass is 9.89. The minimum atomic E-state index is -0.927. The number of imide groups is 1. The Morgan fingerprint density at radius 2 is 1.62 bits per heavy atom. The maximum absolute atomic E-state index is 13.9. The fourth-order valence-electron chi connectivity index (χ4n) is 5.26. The molecule has 0 unspecified atom stereocenters. The van der Waals surface area contributed by atoms with Gasteiger partial charge in [-0.1, -0.05) is 54.1 Å². The molecule has 0 aliphatic carbocycles. The van der Waals surface area contributed by atoms with Crippen molar-refractivity contribution < 1.29 is 14.4 Å². The highest BCUT2D eigenvalue weighted by molar-refractivity contribution is 6.32. The Balaban J connectivity index is 1.53. The zero-order valence-corrected chi connectivity index (χ0v) is 19.4. The average molecular weight is 472 g/mol. The first-order chi connectivity index (χ1) is 16.5. The van der Waals surface area contributed by atoms with Crippen molar-refractivity contribution in [1.82, 2.24) is 4.98 Å². The van der Waals surface area contributed by atoms with Crippen LogP contribution < -0.4 is 9.96 Å². The summed E-state index contributed by atoms with van der Waals surface area (Å²) < 4.78 is 0. The number of hydroxylamine groups is 1. The van der Waals surface area contributed by atoms with Crippen molar-refractivity contribution in [3.63, 3.8) is 0 Å². The van der Waals surface area contributed by atoms with Gasteiger partial charge in [-0.3, -0.25) is 14.4 Å². The molecule has 34 heavy (non-hydrogen) atoms. The largest absolute Gasteiger partial charge is 0.358 e. The monoisotopic (exact) mass is 471 g/mol. The van der Waals surface area contributed by atoms with Gasteiger partial charge in [-0.25, -0.2) is 9.96 Å². The van der Waals surface area contributed by atoms with Crippen LogP contribution in [0, 0.1) is 19.8 Å². The molecule has 4 aromatic rings. The standard InChI is InChI=1S/C27H22ClN3O3/c1-15-19(28)12-8-14-21(15)30-26(32)23-24(22-16(2)29-20-13-7-6-11-18(20)22)31(34-25(23)27(30)33)17-9-4-3-5-10-17/h3-14,23-25,29H,1-2H3/t23-,24+,25-/m1/s1. The number of hydrogen-bond acceptors (Lipinski definition) is 4. The zero-order chi connectivity index (χ0) is 23.6. The molecule has 3 heterocycles. The van der Waals surface area contributed by atoms with Crippen molar-refractivity contribution in [3.05, 3.63) is 94.6 Å². The van der Waals surface area contributed by atoms with E-state index in [1.807, 2.05) is 68.4 Å². The van der Waals surface area contributed by atoms with Crippen molar-refractivity contribution in [2.24, 2.45) is 5.92 Å². The first kappa shape index (κ1) is 21.0. The second kappa shape index (κ2) is 7.72. The number of anilines is 2. The molecule has 0 saturated carbocycles. The van der Waals surface area contributed by atoms with Gasteiger partial charge in [-0.15, -0.1) is 0 Å². The quantitative estimate of drug-likeness (QED) is 0.401. The predicted octanol–water partition coefficient (Wildman–Crippen LogP) is 5.49. The molecule has 1 aromatic heterocycles. The van der Waals surface area contributed by atoms with E-state index in [9.17, 15) is 9.59 Å². The number of fused-ring (bicyclic) bond motifs is 2. The van der Waals surface area contributed by atoms with Crippen molar-refractivity contribution in [2.75, 3.05) is 9.96 Å². The molecule has 170 valence electrons. The highest BCUT2D eigenvalue weighted by Crippen LogP contribution is 2.50. The van der Waals surface area contributed by atoms with E-state index in [4.69, 9.17) is 16.4 Å². The zero-order valence-electron chi connectivity index (χ0n) is 18.7. The molecule has 0 spiro atoms. The molecular formula is C27H22ClN3O3. The van der Waals surface area contributed by atoms with Gasteiger partial charge in [-0.2, -0.15) is 0 Å². The molecule has 6 rings (SSSR count). The van der Waals surface area contributed by atoms with Crippen LogP contribution in [0.15, 0.2) is 72.8 Å². The summed E-state index contributed by atoms with van der Waals surface area (Å²) in [5.74, 6) is -1.36. The molecule has 3 atom stereocenters. The summed E-state index contributed by atoms with van der Waals surface area (Å²) in [6, 6.07) is 22.3. The van der Waals surface area contributed by atoms with E-state index in [1.54, 1.807) is 23.3 Å². The Bertz CT molecular complexity index is 1450. The van der Waals surface area contributed by atoms with Crippen LogP contribution in [0.4, 0.5) is 11.4 Å². The summed E-state index contributed by atoms with van der Waals surface area (Å²) in [7, 11) is 0. The Morgan fingerprint density at radius 3 is 2.41 bits per heavy atom. The van der Waals surface area contributed by atoms with Crippen LogP contribution in [0.1, 0.15) is 22.9 Å². The van der Waals surface area contributed by atoms with E-state index >= 15 is 0 Å². The van der Waals surface area contributed by atoms with Crippen molar-refractivity contribution in [3.8, 4) is 0 Å². The number of carbonyl (C=O) groups is 2. The smallest absolute Gasteiger partial charge is 0.266 e. The van der Waals surface area contributed by atoms with Crippen LogP contribution >= 0.6 is 11.6 Å². The highest BCUT2D eigenvalue weighted by Gasteiger charge is 2.61. The number of carbonyl (C=O) groups excluding carboxylic acids is 2. The maximum Gasteiger partial charge on any atom is 0.266 e. The molecule has 2 amide bonds. The van der Waals surface area contributed by atoms with E-state index in [0.717, 1.165) is 27.8 Å². The van der Waals surface area contributed by atoms with Crippen LogP contribution in [0.3, 0.4) is 0 Å². The van der Waals surface area contributed by atoms with E-state index in [2.05, 4.69) is 4.98 Å². The number of aryl methyl sites for hydroxylation is 1. The van der Waals surface area contributed by atoms with E-state index < -0.39 is 18.1 Å². The molecule has 0 bridgehead atoms. The lowest BCUT2D eigenvalue weighted by Crippen LogP contribution is -2.37. The third kappa shape index (κ3) is 2.92. The van der Waals surface area contributed by atoms with Gasteiger partial charge in [0.25, 0.3) is 5.91 Å². The van der Waals surface area contributed by atoms with Gasteiger partial charge < -0.3 is 4.98 Å². The molecule has 3 aromatic carbocycles.